The lowest BCUT2D eigenvalue weighted by Gasteiger charge is -2.06. The minimum atomic E-state index is -0.459. The molecule has 3 nitrogen and oxygen atoms in total. The predicted octanol–water partition coefficient (Wildman–Crippen LogP) is 1.23. The van der Waals surface area contributed by atoms with Gasteiger partial charge in [-0.05, 0) is 17.7 Å². The molecular formula is C13H10BNO2. The highest BCUT2D eigenvalue weighted by Gasteiger charge is 2.09. The van der Waals surface area contributed by atoms with Crippen LogP contribution in [0.2, 0.25) is 0 Å². The van der Waals surface area contributed by atoms with E-state index in [0.717, 1.165) is 5.56 Å². The number of nitrogens with zero attached hydrogens (tertiary/aromatic N) is 1. The van der Waals surface area contributed by atoms with Crippen LogP contribution in [0.5, 0.6) is 0 Å². The fourth-order valence-corrected chi connectivity index (χ4v) is 1.39. The Balaban J connectivity index is 2.01. The molecule has 0 saturated heterocycles. The highest BCUT2D eigenvalue weighted by atomic mass is 16.5. The average Bonchev–Trinajstić information content (AvgIpc) is 2.38. The maximum absolute atomic E-state index is 11.7. The average molecular weight is 223 g/mol. The summed E-state index contributed by atoms with van der Waals surface area (Å²) in [5.41, 5.74) is 1.41. The first-order valence-corrected chi connectivity index (χ1v) is 5.19. The van der Waals surface area contributed by atoms with Gasteiger partial charge in [-0.3, -0.25) is 4.98 Å². The third kappa shape index (κ3) is 2.94. The Hall–Kier alpha value is -2.10. The van der Waals surface area contributed by atoms with Crippen LogP contribution >= 0.6 is 0 Å². The number of hydrogen-bond acceptors (Lipinski definition) is 3. The van der Waals surface area contributed by atoms with Gasteiger partial charge < -0.3 is 4.74 Å². The van der Waals surface area contributed by atoms with Gasteiger partial charge in [0.2, 0.25) is 0 Å². The molecule has 0 spiro atoms. The molecule has 0 amide bonds. The van der Waals surface area contributed by atoms with E-state index in [0.29, 0.717) is 5.56 Å². The molecule has 4 heteroatoms. The lowest BCUT2D eigenvalue weighted by molar-refractivity contribution is 0.0474. The topological polar surface area (TPSA) is 39.2 Å². The summed E-state index contributed by atoms with van der Waals surface area (Å²) >= 11 is 0. The van der Waals surface area contributed by atoms with Gasteiger partial charge in [0.05, 0.1) is 5.56 Å². The number of rotatable bonds is 3. The van der Waals surface area contributed by atoms with Crippen LogP contribution < -0.4 is 5.59 Å². The minimum absolute atomic E-state index is 0.186. The summed E-state index contributed by atoms with van der Waals surface area (Å²) in [6.07, 6.45) is 1.53. The normalized spacial score (nSPS) is 9.88. The monoisotopic (exact) mass is 223 g/mol. The van der Waals surface area contributed by atoms with Crippen molar-refractivity contribution in [1.29, 1.82) is 0 Å². The smallest absolute Gasteiger partial charge is 0.339 e. The number of aromatic nitrogens is 1. The molecule has 0 atom stereocenters. The first-order chi connectivity index (χ1) is 8.27. The highest BCUT2D eigenvalue weighted by molar-refractivity contribution is 6.34. The fourth-order valence-electron chi connectivity index (χ4n) is 1.39. The van der Waals surface area contributed by atoms with E-state index in [9.17, 15) is 4.79 Å². The molecule has 0 aliphatic carbocycles. The van der Waals surface area contributed by atoms with Crippen molar-refractivity contribution < 1.29 is 9.53 Å². The maximum atomic E-state index is 11.7. The number of hydrogen-bond donors (Lipinski definition) is 0. The number of esters is 1. The summed E-state index contributed by atoms with van der Waals surface area (Å²) in [5, 5.41) is 0. The van der Waals surface area contributed by atoms with Crippen molar-refractivity contribution in [2.45, 2.75) is 6.61 Å². The van der Waals surface area contributed by atoms with Crippen molar-refractivity contribution in [3.63, 3.8) is 0 Å². The summed E-state index contributed by atoms with van der Waals surface area (Å²) in [5.74, 6) is -0.459. The van der Waals surface area contributed by atoms with Gasteiger partial charge in [-0.2, -0.15) is 0 Å². The summed E-state index contributed by atoms with van der Waals surface area (Å²) in [6, 6.07) is 12.7. The second-order valence-corrected chi connectivity index (χ2v) is 3.50. The molecule has 0 aliphatic rings. The van der Waals surface area contributed by atoms with E-state index in [-0.39, 0.29) is 12.2 Å². The van der Waals surface area contributed by atoms with Gasteiger partial charge in [0, 0.05) is 11.8 Å². The van der Waals surface area contributed by atoms with Crippen molar-refractivity contribution in [2.24, 2.45) is 0 Å². The van der Waals surface area contributed by atoms with E-state index in [1.54, 1.807) is 12.1 Å². The van der Waals surface area contributed by atoms with Gasteiger partial charge in [0.1, 0.15) is 14.5 Å². The van der Waals surface area contributed by atoms with Gasteiger partial charge >= 0.3 is 5.97 Å². The number of pyridine rings is 1. The van der Waals surface area contributed by atoms with E-state index >= 15 is 0 Å². The Morgan fingerprint density at radius 3 is 2.65 bits per heavy atom. The molecule has 17 heavy (non-hydrogen) atoms. The zero-order chi connectivity index (χ0) is 12.1. The highest BCUT2D eigenvalue weighted by Crippen LogP contribution is 2.03. The molecule has 1 heterocycles. The molecule has 2 radical (unpaired) electrons. The molecule has 0 unspecified atom stereocenters. The molecule has 0 bridgehead atoms. The van der Waals surface area contributed by atoms with Gasteiger partial charge in [-0.15, -0.1) is 0 Å². The molecule has 82 valence electrons. The third-order valence-corrected chi connectivity index (χ3v) is 2.27. The van der Waals surface area contributed by atoms with E-state index in [4.69, 9.17) is 12.6 Å². The molecule has 0 N–H and O–H groups in total. The quantitative estimate of drug-likeness (QED) is 0.580. The maximum Gasteiger partial charge on any atom is 0.339 e. The van der Waals surface area contributed by atoms with Crippen LogP contribution in [0.3, 0.4) is 0 Å². The molecular weight excluding hydrogens is 213 g/mol. The van der Waals surface area contributed by atoms with Gasteiger partial charge in [-0.25, -0.2) is 4.79 Å². The van der Waals surface area contributed by atoms with Crippen LogP contribution in [0.25, 0.3) is 0 Å². The molecule has 2 aromatic rings. The van der Waals surface area contributed by atoms with Crippen molar-refractivity contribution in [3.8, 4) is 0 Å². The van der Waals surface area contributed by atoms with Gasteiger partial charge in [0.25, 0.3) is 0 Å². The summed E-state index contributed by atoms with van der Waals surface area (Å²) in [4.78, 5) is 15.5. The van der Waals surface area contributed by atoms with Crippen molar-refractivity contribution in [1.82, 2.24) is 4.98 Å². The number of carbonyl (C=O) groups excluding carboxylic acids is 1. The Kier molecular flexibility index (Phi) is 3.55. The van der Waals surface area contributed by atoms with Crippen molar-refractivity contribution >= 4 is 19.4 Å². The lowest BCUT2D eigenvalue weighted by Crippen LogP contribution is -2.20. The summed E-state index contributed by atoms with van der Waals surface area (Å²) in [7, 11) is 5.58. The van der Waals surface area contributed by atoms with Gasteiger partial charge in [0.15, 0.2) is 0 Å². The minimum Gasteiger partial charge on any atom is -0.457 e. The molecule has 0 aliphatic heterocycles. The van der Waals surface area contributed by atoms with E-state index in [2.05, 4.69) is 4.98 Å². The van der Waals surface area contributed by atoms with Crippen LogP contribution in [-0.4, -0.2) is 18.8 Å². The number of benzene rings is 1. The number of ether oxygens (including phenoxy) is 1. The van der Waals surface area contributed by atoms with Crippen LogP contribution in [-0.2, 0) is 11.3 Å². The lowest BCUT2D eigenvalue weighted by atomic mass is 9.98. The second kappa shape index (κ2) is 5.30. The Morgan fingerprint density at radius 1 is 1.18 bits per heavy atom. The second-order valence-electron chi connectivity index (χ2n) is 3.50. The fraction of sp³-hybridized carbons (Fsp3) is 0.0769. The first-order valence-electron chi connectivity index (χ1n) is 5.19. The van der Waals surface area contributed by atoms with Crippen LogP contribution in [0.4, 0.5) is 0 Å². The molecule has 0 saturated carbocycles. The largest absolute Gasteiger partial charge is 0.457 e. The SMILES string of the molecule is [B]c1ncccc1C(=O)OCc1ccccc1. The standard InChI is InChI=1S/C13H10BNO2/c14-12-11(7-4-8-15-12)13(16)17-9-10-5-2-1-3-6-10/h1-8H,9H2. The van der Waals surface area contributed by atoms with Crippen LogP contribution in [0.1, 0.15) is 15.9 Å². The third-order valence-electron chi connectivity index (χ3n) is 2.27. The van der Waals surface area contributed by atoms with E-state index in [1.807, 2.05) is 30.3 Å². The zero-order valence-corrected chi connectivity index (χ0v) is 9.17. The number of carbonyl (C=O) groups is 1. The van der Waals surface area contributed by atoms with Crippen molar-refractivity contribution in [3.05, 3.63) is 59.8 Å². The molecule has 1 aromatic heterocycles. The van der Waals surface area contributed by atoms with E-state index < -0.39 is 5.97 Å². The first kappa shape index (κ1) is 11.4. The van der Waals surface area contributed by atoms with Crippen LogP contribution in [0, 0.1) is 0 Å². The summed E-state index contributed by atoms with van der Waals surface area (Å²) < 4.78 is 5.14. The Morgan fingerprint density at radius 2 is 1.94 bits per heavy atom. The molecule has 1 aromatic carbocycles. The van der Waals surface area contributed by atoms with Crippen LogP contribution in [0.15, 0.2) is 48.7 Å². The van der Waals surface area contributed by atoms with Gasteiger partial charge in [-0.1, -0.05) is 30.3 Å². The predicted molar refractivity (Wildman–Crippen MR) is 65.2 cm³/mol. The molecule has 2 rings (SSSR count). The Labute approximate surface area is 101 Å². The van der Waals surface area contributed by atoms with Crippen molar-refractivity contribution in [2.75, 3.05) is 0 Å². The van der Waals surface area contributed by atoms with E-state index in [1.165, 1.54) is 6.20 Å². The Bertz CT molecular complexity index is 514. The summed E-state index contributed by atoms with van der Waals surface area (Å²) in [6.45, 7) is 0.230. The zero-order valence-electron chi connectivity index (χ0n) is 9.17. The molecule has 0 fully saturated rings.